The van der Waals surface area contributed by atoms with Crippen LogP contribution in [-0.4, -0.2) is 99.1 Å². The fraction of sp³-hybridized carbons (Fsp3) is 0.733. The molecule has 26 heavy (non-hydrogen) atoms. The lowest BCUT2D eigenvalue weighted by molar-refractivity contribution is -0.278. The SMILES string of the molecule is C=CC[C@@](OCC(O)CO)(OC(CNC(C)=O)[C@H](O)C(O)CO)C(=O)O. The van der Waals surface area contributed by atoms with E-state index in [-0.39, 0.29) is 0 Å². The second-order valence-electron chi connectivity index (χ2n) is 5.53. The number of rotatable bonds is 14. The van der Waals surface area contributed by atoms with Gasteiger partial charge in [-0.05, 0) is 0 Å². The molecule has 11 heteroatoms. The number of hydrogen-bond donors (Lipinski definition) is 7. The largest absolute Gasteiger partial charge is 0.477 e. The maximum Gasteiger partial charge on any atom is 0.364 e. The summed E-state index contributed by atoms with van der Waals surface area (Å²) in [7, 11) is 0. The van der Waals surface area contributed by atoms with Crippen LogP contribution in [0.2, 0.25) is 0 Å². The van der Waals surface area contributed by atoms with E-state index in [1.807, 2.05) is 0 Å². The minimum absolute atomic E-state index is 0.397. The summed E-state index contributed by atoms with van der Waals surface area (Å²) in [6, 6.07) is 0. The van der Waals surface area contributed by atoms with Crippen molar-refractivity contribution >= 4 is 11.9 Å². The number of aliphatic hydroxyl groups is 5. The molecule has 3 unspecified atom stereocenters. The Bertz CT molecular complexity index is 460. The van der Waals surface area contributed by atoms with Crippen molar-refractivity contribution in [3.05, 3.63) is 12.7 Å². The quantitative estimate of drug-likeness (QED) is 0.120. The Balaban J connectivity index is 5.57. The number of ether oxygens (including phenoxy) is 2. The van der Waals surface area contributed by atoms with Crippen LogP contribution in [0.15, 0.2) is 12.7 Å². The molecule has 0 saturated heterocycles. The highest BCUT2D eigenvalue weighted by atomic mass is 16.7. The highest BCUT2D eigenvalue weighted by Crippen LogP contribution is 2.24. The van der Waals surface area contributed by atoms with Crippen LogP contribution in [0.4, 0.5) is 0 Å². The molecule has 0 rings (SSSR count). The molecule has 0 aliphatic heterocycles. The van der Waals surface area contributed by atoms with E-state index in [0.717, 1.165) is 6.08 Å². The Morgan fingerprint density at radius 3 is 2.27 bits per heavy atom. The number of carboxylic acids is 1. The first-order valence-corrected chi connectivity index (χ1v) is 7.79. The summed E-state index contributed by atoms with van der Waals surface area (Å²) in [6.45, 7) is 2.03. The molecule has 0 aliphatic carbocycles. The summed E-state index contributed by atoms with van der Waals surface area (Å²) < 4.78 is 10.5. The normalized spacial score (nSPS) is 18.2. The topological polar surface area (TPSA) is 186 Å². The number of amides is 1. The third kappa shape index (κ3) is 7.74. The monoisotopic (exact) mass is 381 g/mol. The van der Waals surface area contributed by atoms with Crippen LogP contribution in [0.3, 0.4) is 0 Å². The van der Waals surface area contributed by atoms with Gasteiger partial charge >= 0.3 is 5.97 Å². The lowest BCUT2D eigenvalue weighted by atomic mass is 10.1. The minimum atomic E-state index is -2.42. The Kier molecular flexibility index (Phi) is 11.2. The zero-order valence-corrected chi connectivity index (χ0v) is 14.4. The molecule has 0 aromatic heterocycles. The van der Waals surface area contributed by atoms with Gasteiger partial charge in [0.25, 0.3) is 5.79 Å². The summed E-state index contributed by atoms with van der Waals surface area (Å²) in [5.74, 6) is -4.55. The average Bonchev–Trinajstić information content (AvgIpc) is 2.60. The molecule has 0 aromatic rings. The zero-order chi connectivity index (χ0) is 20.3. The first kappa shape index (κ1) is 24.4. The molecular formula is C15H27NO10. The van der Waals surface area contributed by atoms with Gasteiger partial charge in [0.1, 0.15) is 24.4 Å². The van der Waals surface area contributed by atoms with Gasteiger partial charge in [-0.2, -0.15) is 0 Å². The van der Waals surface area contributed by atoms with Gasteiger partial charge in [-0.15, -0.1) is 6.58 Å². The number of carboxylic acid groups (broad SMARTS) is 1. The number of aliphatic carboxylic acids is 1. The van der Waals surface area contributed by atoms with Crippen LogP contribution in [0.1, 0.15) is 13.3 Å². The number of carbonyl (C=O) groups excluding carboxylic acids is 1. The number of carbonyl (C=O) groups is 2. The first-order valence-electron chi connectivity index (χ1n) is 7.79. The predicted molar refractivity (Wildman–Crippen MR) is 86.9 cm³/mol. The fourth-order valence-electron chi connectivity index (χ4n) is 1.89. The van der Waals surface area contributed by atoms with Crippen LogP contribution in [0, 0.1) is 0 Å². The van der Waals surface area contributed by atoms with Gasteiger partial charge < -0.3 is 45.4 Å². The molecular weight excluding hydrogens is 354 g/mol. The maximum absolute atomic E-state index is 11.7. The van der Waals surface area contributed by atoms with Crippen molar-refractivity contribution in [2.75, 3.05) is 26.4 Å². The van der Waals surface area contributed by atoms with Crippen molar-refractivity contribution in [1.82, 2.24) is 5.32 Å². The Labute approximate surface area is 150 Å². The van der Waals surface area contributed by atoms with E-state index in [9.17, 15) is 30.0 Å². The van der Waals surface area contributed by atoms with E-state index in [1.165, 1.54) is 6.92 Å². The lowest BCUT2D eigenvalue weighted by Crippen LogP contribution is -2.55. The molecule has 5 atom stereocenters. The number of aliphatic hydroxyl groups excluding tert-OH is 5. The summed E-state index contributed by atoms with van der Waals surface area (Å²) in [5, 5.41) is 58.7. The average molecular weight is 381 g/mol. The van der Waals surface area contributed by atoms with Crippen LogP contribution in [0.25, 0.3) is 0 Å². The molecule has 7 N–H and O–H groups in total. The van der Waals surface area contributed by atoms with Crippen LogP contribution >= 0.6 is 0 Å². The Morgan fingerprint density at radius 2 is 1.85 bits per heavy atom. The zero-order valence-electron chi connectivity index (χ0n) is 14.4. The van der Waals surface area contributed by atoms with E-state index >= 15 is 0 Å². The molecule has 11 nitrogen and oxygen atoms in total. The predicted octanol–water partition coefficient (Wildman–Crippen LogP) is -3.05. The molecule has 0 aliphatic rings. The molecule has 0 saturated carbocycles. The van der Waals surface area contributed by atoms with Gasteiger partial charge in [-0.3, -0.25) is 4.79 Å². The first-order chi connectivity index (χ1) is 12.1. The van der Waals surface area contributed by atoms with Crippen molar-refractivity contribution in [2.45, 2.75) is 43.5 Å². The number of hydrogen-bond acceptors (Lipinski definition) is 9. The van der Waals surface area contributed by atoms with E-state index in [4.69, 9.17) is 19.7 Å². The molecule has 0 spiro atoms. The van der Waals surface area contributed by atoms with E-state index in [0.29, 0.717) is 0 Å². The van der Waals surface area contributed by atoms with E-state index in [2.05, 4.69) is 11.9 Å². The van der Waals surface area contributed by atoms with E-state index < -0.39 is 74.9 Å². The second kappa shape index (κ2) is 11.9. The molecule has 0 radical (unpaired) electrons. The molecule has 0 heterocycles. The second-order valence-corrected chi connectivity index (χ2v) is 5.53. The molecule has 0 bridgehead atoms. The van der Waals surface area contributed by atoms with Crippen molar-refractivity contribution in [1.29, 1.82) is 0 Å². The van der Waals surface area contributed by atoms with Crippen molar-refractivity contribution in [3.8, 4) is 0 Å². The summed E-state index contributed by atoms with van der Waals surface area (Å²) >= 11 is 0. The van der Waals surface area contributed by atoms with Crippen LogP contribution in [0.5, 0.6) is 0 Å². The molecule has 0 fully saturated rings. The van der Waals surface area contributed by atoms with Gasteiger partial charge in [0.05, 0.1) is 19.8 Å². The standard InChI is InChI=1S/C15H27NO10/c1-3-4-15(14(23)24,25-8-10(20)6-17)26-12(5-16-9(2)19)13(22)11(21)7-18/h3,10-13,17-18,20-22H,1,4-8H2,2H3,(H,16,19)(H,23,24)/t10?,11?,12?,13-,15-/m1/s1. The van der Waals surface area contributed by atoms with Gasteiger partial charge in [0.2, 0.25) is 5.91 Å². The summed E-state index contributed by atoms with van der Waals surface area (Å²) in [4.78, 5) is 22.8. The van der Waals surface area contributed by atoms with Gasteiger partial charge in [-0.1, -0.05) is 6.08 Å². The molecule has 1 amide bonds. The Morgan fingerprint density at radius 1 is 1.23 bits per heavy atom. The minimum Gasteiger partial charge on any atom is -0.477 e. The smallest absolute Gasteiger partial charge is 0.364 e. The molecule has 0 aromatic carbocycles. The lowest BCUT2D eigenvalue weighted by Gasteiger charge is -2.36. The van der Waals surface area contributed by atoms with E-state index in [1.54, 1.807) is 0 Å². The maximum atomic E-state index is 11.7. The third-order valence-corrected chi connectivity index (χ3v) is 3.31. The van der Waals surface area contributed by atoms with Crippen LogP contribution in [-0.2, 0) is 19.1 Å². The summed E-state index contributed by atoms with van der Waals surface area (Å²) in [5.41, 5.74) is 0. The highest BCUT2D eigenvalue weighted by molar-refractivity contribution is 5.76. The third-order valence-electron chi connectivity index (χ3n) is 3.31. The Hall–Kier alpha value is -1.60. The number of nitrogens with one attached hydrogen (secondary N) is 1. The van der Waals surface area contributed by atoms with Gasteiger partial charge in [0.15, 0.2) is 0 Å². The van der Waals surface area contributed by atoms with Crippen molar-refractivity contribution in [3.63, 3.8) is 0 Å². The summed E-state index contributed by atoms with van der Waals surface area (Å²) in [6.07, 6.45) is -5.57. The van der Waals surface area contributed by atoms with Gasteiger partial charge in [-0.25, -0.2) is 4.79 Å². The van der Waals surface area contributed by atoms with Crippen molar-refractivity contribution < 1.29 is 49.7 Å². The fourth-order valence-corrected chi connectivity index (χ4v) is 1.89. The highest BCUT2D eigenvalue weighted by Gasteiger charge is 2.45. The van der Waals surface area contributed by atoms with Gasteiger partial charge in [0, 0.05) is 19.9 Å². The molecule has 152 valence electrons. The van der Waals surface area contributed by atoms with Crippen molar-refractivity contribution in [2.24, 2.45) is 0 Å². The van der Waals surface area contributed by atoms with Crippen LogP contribution < -0.4 is 5.32 Å².